The van der Waals surface area contributed by atoms with Gasteiger partial charge in [-0.15, -0.1) is 0 Å². The normalized spacial score (nSPS) is 20.1. The van der Waals surface area contributed by atoms with Gasteiger partial charge in [-0.3, -0.25) is 4.99 Å². The zero-order chi connectivity index (χ0) is 13.0. The third-order valence-corrected chi connectivity index (χ3v) is 4.63. The standard InChI is InChI=1S/C13H20N4S/c1-4-13(5-2)9-18-12(17-13)15-8-11-6-7-14-10(3)16-11/h6-7H,4-5,8-9H2,1-3H3,(H,15,17). The first-order valence-corrected chi connectivity index (χ1v) is 7.40. The van der Waals surface area contributed by atoms with Crippen LogP contribution < -0.4 is 5.32 Å². The summed E-state index contributed by atoms with van der Waals surface area (Å²) in [7, 11) is 0. The van der Waals surface area contributed by atoms with Gasteiger partial charge in [-0.25, -0.2) is 9.97 Å². The Hall–Kier alpha value is -1.10. The molecule has 1 aliphatic rings. The highest BCUT2D eigenvalue weighted by atomic mass is 32.2. The van der Waals surface area contributed by atoms with Crippen molar-refractivity contribution in [3.8, 4) is 0 Å². The molecule has 1 saturated heterocycles. The predicted molar refractivity (Wildman–Crippen MR) is 76.8 cm³/mol. The summed E-state index contributed by atoms with van der Waals surface area (Å²) in [5.74, 6) is 1.91. The number of amidine groups is 1. The molecule has 4 nitrogen and oxygen atoms in total. The van der Waals surface area contributed by atoms with E-state index in [4.69, 9.17) is 0 Å². The van der Waals surface area contributed by atoms with Gasteiger partial charge in [-0.2, -0.15) is 0 Å². The average Bonchev–Trinajstić information content (AvgIpc) is 2.81. The second-order valence-electron chi connectivity index (χ2n) is 4.62. The first-order chi connectivity index (χ1) is 8.67. The molecule has 2 rings (SSSR count). The lowest BCUT2D eigenvalue weighted by molar-refractivity contribution is 0.407. The van der Waals surface area contributed by atoms with Crippen molar-refractivity contribution in [2.75, 3.05) is 5.75 Å². The molecule has 1 fully saturated rings. The molecule has 1 N–H and O–H groups in total. The van der Waals surface area contributed by atoms with Gasteiger partial charge < -0.3 is 5.32 Å². The summed E-state index contributed by atoms with van der Waals surface area (Å²) in [5, 5.41) is 4.61. The summed E-state index contributed by atoms with van der Waals surface area (Å²) in [5.41, 5.74) is 1.22. The monoisotopic (exact) mass is 264 g/mol. The van der Waals surface area contributed by atoms with Crippen molar-refractivity contribution in [3.05, 3.63) is 23.8 Å². The topological polar surface area (TPSA) is 50.2 Å². The number of nitrogens with one attached hydrogen (secondary N) is 1. The van der Waals surface area contributed by atoms with Crippen molar-refractivity contribution in [2.45, 2.75) is 45.7 Å². The van der Waals surface area contributed by atoms with Crippen LogP contribution in [0.1, 0.15) is 38.2 Å². The molecule has 18 heavy (non-hydrogen) atoms. The average molecular weight is 264 g/mol. The van der Waals surface area contributed by atoms with Gasteiger partial charge in [0, 0.05) is 17.5 Å². The minimum absolute atomic E-state index is 0.241. The summed E-state index contributed by atoms with van der Waals surface area (Å²) in [6.07, 6.45) is 4.07. The van der Waals surface area contributed by atoms with Gasteiger partial charge in [0.15, 0.2) is 5.17 Å². The fraction of sp³-hybridized carbons (Fsp3) is 0.615. The number of hydrogen-bond donors (Lipinski definition) is 1. The Morgan fingerprint density at radius 1 is 1.44 bits per heavy atom. The van der Waals surface area contributed by atoms with Crippen LogP contribution in [0, 0.1) is 6.92 Å². The Morgan fingerprint density at radius 2 is 2.22 bits per heavy atom. The van der Waals surface area contributed by atoms with Crippen LogP contribution in [0.2, 0.25) is 0 Å². The van der Waals surface area contributed by atoms with Crippen molar-refractivity contribution in [3.63, 3.8) is 0 Å². The molecular weight excluding hydrogens is 244 g/mol. The van der Waals surface area contributed by atoms with E-state index >= 15 is 0 Å². The third-order valence-electron chi connectivity index (χ3n) is 3.43. The van der Waals surface area contributed by atoms with E-state index in [0.717, 1.165) is 35.3 Å². The molecular formula is C13H20N4S. The van der Waals surface area contributed by atoms with E-state index < -0.39 is 0 Å². The number of aliphatic imine (C=N–C) groups is 1. The van der Waals surface area contributed by atoms with Gasteiger partial charge >= 0.3 is 0 Å². The molecule has 0 amide bonds. The van der Waals surface area contributed by atoms with Crippen LogP contribution in [0.15, 0.2) is 17.3 Å². The minimum atomic E-state index is 0.241. The highest BCUT2D eigenvalue weighted by molar-refractivity contribution is 8.14. The van der Waals surface area contributed by atoms with Crippen LogP contribution in [-0.4, -0.2) is 26.4 Å². The summed E-state index contributed by atoms with van der Waals surface area (Å²) in [4.78, 5) is 13.0. The summed E-state index contributed by atoms with van der Waals surface area (Å²) in [6.45, 7) is 6.99. The smallest absolute Gasteiger partial charge is 0.157 e. The lowest BCUT2D eigenvalue weighted by Gasteiger charge is -2.25. The SMILES string of the molecule is CCC1(CC)CSC(=NCc2ccnc(C)n2)N1. The molecule has 1 aliphatic heterocycles. The number of nitrogens with zero attached hydrogens (tertiary/aromatic N) is 3. The van der Waals surface area contributed by atoms with E-state index in [1.807, 2.05) is 24.8 Å². The second-order valence-corrected chi connectivity index (χ2v) is 5.58. The Kier molecular flexibility index (Phi) is 4.22. The lowest BCUT2D eigenvalue weighted by atomic mass is 9.96. The van der Waals surface area contributed by atoms with Gasteiger partial charge in [-0.1, -0.05) is 25.6 Å². The molecule has 0 spiro atoms. The number of aryl methyl sites for hydroxylation is 1. The van der Waals surface area contributed by atoms with E-state index in [1.54, 1.807) is 6.20 Å². The fourth-order valence-corrected chi connectivity index (χ4v) is 3.31. The molecule has 0 aromatic carbocycles. The Morgan fingerprint density at radius 3 is 2.83 bits per heavy atom. The van der Waals surface area contributed by atoms with Crippen molar-refractivity contribution in [1.29, 1.82) is 0 Å². The van der Waals surface area contributed by atoms with Crippen LogP contribution in [0.5, 0.6) is 0 Å². The number of thioether (sulfide) groups is 1. The number of rotatable bonds is 4. The first kappa shape index (κ1) is 13.3. The van der Waals surface area contributed by atoms with Crippen LogP contribution in [0.25, 0.3) is 0 Å². The zero-order valence-electron chi connectivity index (χ0n) is 11.2. The molecule has 0 unspecified atom stereocenters. The maximum atomic E-state index is 4.60. The van der Waals surface area contributed by atoms with Crippen LogP contribution in [0.3, 0.4) is 0 Å². The van der Waals surface area contributed by atoms with Gasteiger partial charge in [-0.05, 0) is 25.8 Å². The van der Waals surface area contributed by atoms with Crippen molar-refractivity contribution in [2.24, 2.45) is 4.99 Å². The molecule has 0 atom stereocenters. The molecule has 98 valence electrons. The maximum absolute atomic E-state index is 4.60. The van der Waals surface area contributed by atoms with E-state index in [9.17, 15) is 0 Å². The molecule has 1 aromatic heterocycles. The summed E-state index contributed by atoms with van der Waals surface area (Å²) in [6, 6.07) is 1.92. The minimum Gasteiger partial charge on any atom is -0.359 e. The summed E-state index contributed by atoms with van der Waals surface area (Å²) >= 11 is 1.82. The second kappa shape index (κ2) is 5.69. The molecule has 1 aromatic rings. The van der Waals surface area contributed by atoms with E-state index in [2.05, 4.69) is 34.1 Å². The van der Waals surface area contributed by atoms with Crippen LogP contribution >= 0.6 is 11.8 Å². The lowest BCUT2D eigenvalue weighted by Crippen LogP contribution is -2.42. The Balaban J connectivity index is 1.99. The predicted octanol–water partition coefficient (Wildman–Crippen LogP) is 2.54. The van der Waals surface area contributed by atoms with Crippen molar-refractivity contribution >= 4 is 16.9 Å². The quantitative estimate of drug-likeness (QED) is 0.908. The third kappa shape index (κ3) is 3.02. The molecule has 2 heterocycles. The zero-order valence-corrected chi connectivity index (χ0v) is 12.0. The van der Waals surface area contributed by atoms with E-state index in [1.165, 1.54) is 0 Å². The van der Waals surface area contributed by atoms with Gasteiger partial charge in [0.05, 0.1) is 12.2 Å². The van der Waals surface area contributed by atoms with Gasteiger partial charge in [0.2, 0.25) is 0 Å². The van der Waals surface area contributed by atoms with Crippen molar-refractivity contribution in [1.82, 2.24) is 15.3 Å². The van der Waals surface area contributed by atoms with E-state index in [-0.39, 0.29) is 5.54 Å². The Labute approximate surface area is 113 Å². The fourth-order valence-electron chi connectivity index (χ4n) is 1.97. The van der Waals surface area contributed by atoms with Crippen LogP contribution in [-0.2, 0) is 6.54 Å². The van der Waals surface area contributed by atoms with E-state index in [0.29, 0.717) is 6.54 Å². The van der Waals surface area contributed by atoms with Crippen LogP contribution in [0.4, 0.5) is 0 Å². The molecule has 0 aliphatic carbocycles. The van der Waals surface area contributed by atoms with Crippen molar-refractivity contribution < 1.29 is 0 Å². The number of hydrogen-bond acceptors (Lipinski definition) is 4. The van der Waals surface area contributed by atoms with Gasteiger partial charge in [0.1, 0.15) is 5.82 Å². The molecule has 0 bridgehead atoms. The molecule has 0 radical (unpaired) electrons. The van der Waals surface area contributed by atoms with Gasteiger partial charge in [0.25, 0.3) is 0 Å². The Bertz CT molecular complexity index is 440. The number of aromatic nitrogens is 2. The molecule has 5 heteroatoms. The highest BCUT2D eigenvalue weighted by Crippen LogP contribution is 2.28. The largest absolute Gasteiger partial charge is 0.359 e. The first-order valence-electron chi connectivity index (χ1n) is 6.41. The summed E-state index contributed by atoms with van der Waals surface area (Å²) < 4.78 is 0. The molecule has 0 saturated carbocycles. The highest BCUT2D eigenvalue weighted by Gasteiger charge is 2.33. The maximum Gasteiger partial charge on any atom is 0.157 e.